The Morgan fingerprint density at radius 3 is 2.62 bits per heavy atom. The normalized spacial score (nSPS) is 14.7. The standard InChI is InChI=1S/C21H32N4O2S.HI/c1-6-22-20(24-15-21(2,26)19-11-8-12-28-19)23-14-18(25(3)4)16-9-7-10-17(13-16)27-5;/h7-13,18,26H,6,14-15H2,1-5H3,(H2,22,23,24);1H. The summed E-state index contributed by atoms with van der Waals surface area (Å²) in [6, 6.07) is 12.1. The molecule has 2 aromatic rings. The van der Waals surface area contributed by atoms with Crippen LogP contribution in [0.15, 0.2) is 46.8 Å². The molecule has 1 aromatic heterocycles. The van der Waals surface area contributed by atoms with Crippen LogP contribution < -0.4 is 15.4 Å². The second-order valence-electron chi connectivity index (χ2n) is 7.08. The first-order chi connectivity index (χ1) is 13.4. The minimum Gasteiger partial charge on any atom is -0.497 e. The van der Waals surface area contributed by atoms with Crippen LogP contribution in [-0.2, 0) is 5.60 Å². The van der Waals surface area contributed by atoms with Crippen molar-refractivity contribution in [2.75, 3.05) is 40.8 Å². The van der Waals surface area contributed by atoms with Crippen LogP contribution in [0.3, 0.4) is 0 Å². The third-order valence-corrected chi connectivity index (χ3v) is 5.63. The monoisotopic (exact) mass is 532 g/mol. The predicted octanol–water partition coefficient (Wildman–Crippen LogP) is 3.44. The van der Waals surface area contributed by atoms with E-state index in [1.807, 2.05) is 36.6 Å². The molecule has 0 aliphatic carbocycles. The lowest BCUT2D eigenvalue weighted by molar-refractivity contribution is 0.0711. The third kappa shape index (κ3) is 7.76. The number of aliphatic imine (C=N–C) groups is 1. The lowest BCUT2D eigenvalue weighted by Gasteiger charge is -2.27. The Kier molecular flexibility index (Phi) is 10.9. The molecule has 0 radical (unpaired) electrons. The van der Waals surface area contributed by atoms with Crippen molar-refractivity contribution in [3.05, 3.63) is 52.2 Å². The van der Waals surface area contributed by atoms with Gasteiger partial charge in [-0.3, -0.25) is 0 Å². The number of benzene rings is 1. The van der Waals surface area contributed by atoms with E-state index < -0.39 is 5.60 Å². The van der Waals surface area contributed by atoms with Gasteiger partial charge in [-0.2, -0.15) is 0 Å². The summed E-state index contributed by atoms with van der Waals surface area (Å²) in [6.45, 7) is 5.53. The highest BCUT2D eigenvalue weighted by atomic mass is 127. The highest BCUT2D eigenvalue weighted by Gasteiger charge is 2.24. The van der Waals surface area contributed by atoms with E-state index in [0.717, 1.165) is 17.2 Å². The lowest BCUT2D eigenvalue weighted by Crippen LogP contribution is -2.42. The van der Waals surface area contributed by atoms with Crippen LogP contribution in [0.25, 0.3) is 0 Å². The zero-order chi connectivity index (χ0) is 20.6. The van der Waals surface area contributed by atoms with E-state index in [1.54, 1.807) is 14.0 Å². The summed E-state index contributed by atoms with van der Waals surface area (Å²) in [5, 5.41) is 19.3. The van der Waals surface area contributed by atoms with Gasteiger partial charge in [-0.1, -0.05) is 18.2 Å². The molecule has 1 aromatic carbocycles. The van der Waals surface area contributed by atoms with Crippen molar-refractivity contribution < 1.29 is 9.84 Å². The Morgan fingerprint density at radius 1 is 1.28 bits per heavy atom. The number of guanidine groups is 1. The molecule has 3 N–H and O–H groups in total. The van der Waals surface area contributed by atoms with E-state index >= 15 is 0 Å². The van der Waals surface area contributed by atoms with Gasteiger partial charge in [0.1, 0.15) is 11.4 Å². The Morgan fingerprint density at radius 2 is 2.03 bits per heavy atom. The van der Waals surface area contributed by atoms with E-state index in [1.165, 1.54) is 16.9 Å². The summed E-state index contributed by atoms with van der Waals surface area (Å²) in [5.41, 5.74) is 0.183. The smallest absolute Gasteiger partial charge is 0.191 e. The largest absolute Gasteiger partial charge is 0.497 e. The predicted molar refractivity (Wildman–Crippen MR) is 133 cm³/mol. The summed E-state index contributed by atoms with van der Waals surface area (Å²) in [6.07, 6.45) is 0. The molecule has 0 aliphatic heterocycles. The number of ether oxygens (including phenoxy) is 1. The van der Waals surface area contributed by atoms with E-state index in [9.17, 15) is 5.11 Å². The minimum absolute atomic E-state index is 0. The number of aliphatic hydroxyl groups is 1. The fourth-order valence-electron chi connectivity index (χ4n) is 2.88. The summed E-state index contributed by atoms with van der Waals surface area (Å²) < 4.78 is 5.36. The van der Waals surface area contributed by atoms with Gasteiger partial charge in [0.05, 0.1) is 19.7 Å². The molecule has 6 nitrogen and oxygen atoms in total. The van der Waals surface area contributed by atoms with Crippen molar-refractivity contribution in [2.45, 2.75) is 25.5 Å². The van der Waals surface area contributed by atoms with E-state index in [-0.39, 0.29) is 36.6 Å². The van der Waals surface area contributed by atoms with Crippen molar-refractivity contribution in [3.63, 3.8) is 0 Å². The molecule has 0 saturated heterocycles. The molecular formula is C21H33IN4O2S. The minimum atomic E-state index is -0.982. The SMILES string of the molecule is CCNC(=NCC(C)(O)c1cccs1)NCC(c1cccc(OC)c1)N(C)C.I. The molecule has 0 spiro atoms. The first-order valence-corrected chi connectivity index (χ1v) is 10.3. The molecular weight excluding hydrogens is 499 g/mol. The number of nitrogens with zero attached hydrogens (tertiary/aromatic N) is 2. The molecule has 0 amide bonds. The summed E-state index contributed by atoms with van der Waals surface area (Å²) in [4.78, 5) is 7.68. The highest BCUT2D eigenvalue weighted by molar-refractivity contribution is 14.0. The molecule has 2 rings (SSSR count). The van der Waals surface area contributed by atoms with Gasteiger partial charge >= 0.3 is 0 Å². The van der Waals surface area contributed by atoms with Crippen molar-refractivity contribution in [3.8, 4) is 5.75 Å². The van der Waals surface area contributed by atoms with Crippen molar-refractivity contribution in [1.29, 1.82) is 0 Å². The molecule has 0 saturated carbocycles. The Hall–Kier alpha value is -1.36. The molecule has 8 heteroatoms. The van der Waals surface area contributed by atoms with Gasteiger partial charge in [0.25, 0.3) is 0 Å². The van der Waals surface area contributed by atoms with Gasteiger partial charge in [0, 0.05) is 18.0 Å². The van der Waals surface area contributed by atoms with Crippen molar-refractivity contribution >= 4 is 41.3 Å². The van der Waals surface area contributed by atoms with Crippen LogP contribution >= 0.6 is 35.3 Å². The number of halogens is 1. The number of hydrogen-bond acceptors (Lipinski definition) is 5. The van der Waals surface area contributed by atoms with E-state index in [4.69, 9.17) is 4.74 Å². The highest BCUT2D eigenvalue weighted by Crippen LogP contribution is 2.25. The molecule has 0 aliphatic rings. The number of thiophene rings is 1. The second kappa shape index (κ2) is 12.4. The Labute approximate surface area is 195 Å². The van der Waals surface area contributed by atoms with Gasteiger partial charge in [-0.05, 0) is 57.1 Å². The third-order valence-electron chi connectivity index (χ3n) is 4.51. The maximum Gasteiger partial charge on any atom is 0.191 e. The van der Waals surface area contributed by atoms with Gasteiger partial charge in [-0.25, -0.2) is 4.99 Å². The number of hydrogen-bond donors (Lipinski definition) is 3. The second-order valence-corrected chi connectivity index (χ2v) is 8.03. The average Bonchev–Trinajstić information content (AvgIpc) is 3.22. The van der Waals surface area contributed by atoms with E-state index in [2.05, 4.69) is 46.8 Å². The van der Waals surface area contributed by atoms with Crippen LogP contribution in [0.1, 0.15) is 30.3 Å². The van der Waals surface area contributed by atoms with Gasteiger partial charge in [0.15, 0.2) is 5.96 Å². The quantitative estimate of drug-likeness (QED) is 0.262. The van der Waals surface area contributed by atoms with Crippen LogP contribution in [0.5, 0.6) is 5.75 Å². The topological polar surface area (TPSA) is 69.1 Å². The fourth-order valence-corrected chi connectivity index (χ4v) is 3.66. The number of nitrogens with one attached hydrogen (secondary N) is 2. The summed E-state index contributed by atoms with van der Waals surface area (Å²) in [7, 11) is 5.78. The van der Waals surface area contributed by atoms with Crippen LogP contribution in [-0.4, -0.2) is 56.8 Å². The molecule has 0 fully saturated rings. The number of rotatable bonds is 9. The van der Waals surface area contributed by atoms with Gasteiger partial charge in [-0.15, -0.1) is 35.3 Å². The number of methoxy groups -OCH3 is 1. The average molecular weight is 532 g/mol. The fraction of sp³-hybridized carbons (Fsp3) is 0.476. The van der Waals surface area contributed by atoms with Gasteiger partial charge in [0.2, 0.25) is 0 Å². The summed E-state index contributed by atoms with van der Waals surface area (Å²) >= 11 is 1.54. The van der Waals surface area contributed by atoms with E-state index in [0.29, 0.717) is 12.5 Å². The van der Waals surface area contributed by atoms with Crippen LogP contribution in [0.2, 0.25) is 0 Å². The molecule has 0 bridgehead atoms. The lowest BCUT2D eigenvalue weighted by atomic mass is 10.1. The number of likely N-dealkylation sites (N-methyl/N-ethyl adjacent to an activating group) is 1. The zero-order valence-electron chi connectivity index (χ0n) is 17.8. The molecule has 2 atom stereocenters. The van der Waals surface area contributed by atoms with Crippen LogP contribution in [0, 0.1) is 0 Å². The van der Waals surface area contributed by atoms with Crippen LogP contribution in [0.4, 0.5) is 0 Å². The molecule has 162 valence electrons. The molecule has 29 heavy (non-hydrogen) atoms. The maximum atomic E-state index is 10.7. The maximum absolute atomic E-state index is 10.7. The zero-order valence-corrected chi connectivity index (χ0v) is 21.0. The Balaban J connectivity index is 0.00000420. The van der Waals surface area contributed by atoms with Gasteiger partial charge < -0.3 is 25.4 Å². The first kappa shape index (κ1) is 25.7. The first-order valence-electron chi connectivity index (χ1n) is 9.46. The van der Waals surface area contributed by atoms with Crippen molar-refractivity contribution in [1.82, 2.24) is 15.5 Å². The summed E-state index contributed by atoms with van der Waals surface area (Å²) in [5.74, 6) is 1.53. The Bertz CT molecular complexity index is 751. The molecule has 1 heterocycles. The van der Waals surface area contributed by atoms with Crippen molar-refractivity contribution in [2.24, 2.45) is 4.99 Å². The molecule has 2 unspecified atom stereocenters.